The molecule has 0 aliphatic carbocycles. The molecule has 0 aromatic heterocycles. The Labute approximate surface area is 159 Å². The Hall–Kier alpha value is -2.44. The second-order valence-corrected chi connectivity index (χ2v) is 7.91. The highest BCUT2D eigenvalue weighted by Crippen LogP contribution is 2.33. The molecule has 0 spiro atoms. The molecule has 1 aromatic carbocycles. The van der Waals surface area contributed by atoms with E-state index >= 15 is 0 Å². The highest BCUT2D eigenvalue weighted by atomic mass is 16.7. The Morgan fingerprint density at radius 2 is 1.93 bits per heavy atom. The van der Waals surface area contributed by atoms with E-state index in [1.54, 1.807) is 19.0 Å². The lowest BCUT2D eigenvalue weighted by Crippen LogP contribution is -2.48. The number of rotatable bonds is 3. The lowest BCUT2D eigenvalue weighted by atomic mass is 9.94. The SMILES string of the molecule is CN(C)C(=O)N1C[C@H]2CC[C@@H](C1)N(C(=O)CCc1ccc3c(c1)OCO3)C2. The summed E-state index contributed by atoms with van der Waals surface area (Å²) in [6, 6.07) is 6.04. The second kappa shape index (κ2) is 7.29. The van der Waals surface area contributed by atoms with Crippen molar-refractivity contribution in [2.24, 2.45) is 5.92 Å². The van der Waals surface area contributed by atoms with E-state index in [1.807, 2.05) is 28.0 Å². The molecule has 0 radical (unpaired) electrons. The molecule has 4 aliphatic rings. The van der Waals surface area contributed by atoms with Crippen LogP contribution in [0.25, 0.3) is 0 Å². The fourth-order valence-electron chi connectivity index (χ4n) is 4.32. The zero-order chi connectivity index (χ0) is 19.0. The van der Waals surface area contributed by atoms with E-state index in [9.17, 15) is 9.59 Å². The molecule has 5 rings (SSSR count). The van der Waals surface area contributed by atoms with Crippen LogP contribution in [0.3, 0.4) is 0 Å². The largest absolute Gasteiger partial charge is 0.454 e. The molecule has 4 aliphatic heterocycles. The van der Waals surface area contributed by atoms with E-state index in [2.05, 4.69) is 0 Å². The molecule has 0 N–H and O–H groups in total. The van der Waals surface area contributed by atoms with Crippen molar-refractivity contribution < 1.29 is 19.1 Å². The number of carbonyl (C=O) groups is 2. The van der Waals surface area contributed by atoms with Crippen LogP contribution in [0.2, 0.25) is 0 Å². The number of nitrogens with zero attached hydrogens (tertiary/aromatic N) is 3. The highest BCUT2D eigenvalue weighted by molar-refractivity contribution is 5.78. The summed E-state index contributed by atoms with van der Waals surface area (Å²) in [5, 5.41) is 0. The van der Waals surface area contributed by atoms with Crippen LogP contribution in [-0.4, -0.2) is 73.2 Å². The number of hydrogen-bond acceptors (Lipinski definition) is 4. The topological polar surface area (TPSA) is 62.3 Å². The Morgan fingerprint density at radius 3 is 2.74 bits per heavy atom. The summed E-state index contributed by atoms with van der Waals surface area (Å²) in [5.74, 6) is 2.08. The molecule has 0 unspecified atom stereocenters. The smallest absolute Gasteiger partial charge is 0.319 e. The molecule has 27 heavy (non-hydrogen) atoms. The molecule has 3 amide bonds. The van der Waals surface area contributed by atoms with Crippen LogP contribution in [0, 0.1) is 5.92 Å². The lowest BCUT2D eigenvalue weighted by Gasteiger charge is -2.36. The van der Waals surface area contributed by atoms with Gasteiger partial charge in [0.05, 0.1) is 0 Å². The van der Waals surface area contributed by atoms with Crippen molar-refractivity contribution in [3.8, 4) is 11.5 Å². The van der Waals surface area contributed by atoms with Crippen molar-refractivity contribution >= 4 is 11.9 Å². The van der Waals surface area contributed by atoms with Gasteiger partial charge in [0.2, 0.25) is 12.7 Å². The molecular weight excluding hydrogens is 346 g/mol. The zero-order valence-electron chi connectivity index (χ0n) is 16.0. The molecule has 1 aromatic rings. The average molecular weight is 373 g/mol. The van der Waals surface area contributed by atoms with Crippen LogP contribution >= 0.6 is 0 Å². The van der Waals surface area contributed by atoms with Gasteiger partial charge in [0, 0.05) is 46.2 Å². The molecule has 146 valence electrons. The number of urea groups is 1. The Morgan fingerprint density at radius 1 is 1.11 bits per heavy atom. The average Bonchev–Trinajstić information content (AvgIpc) is 2.94. The quantitative estimate of drug-likeness (QED) is 0.813. The van der Waals surface area contributed by atoms with Crippen LogP contribution in [0.1, 0.15) is 24.8 Å². The van der Waals surface area contributed by atoms with E-state index < -0.39 is 0 Å². The van der Waals surface area contributed by atoms with Gasteiger partial charge in [-0.1, -0.05) is 6.07 Å². The van der Waals surface area contributed by atoms with Crippen LogP contribution in [-0.2, 0) is 11.2 Å². The normalized spacial score (nSPS) is 23.3. The molecule has 2 atom stereocenters. The van der Waals surface area contributed by atoms with Crippen molar-refractivity contribution in [2.75, 3.05) is 40.5 Å². The molecular formula is C20H27N3O4. The molecule has 3 fully saturated rings. The number of carbonyl (C=O) groups excluding carboxylic acids is 2. The minimum absolute atomic E-state index is 0.0431. The maximum absolute atomic E-state index is 12.9. The Balaban J connectivity index is 1.38. The van der Waals surface area contributed by atoms with Crippen molar-refractivity contribution in [3.63, 3.8) is 0 Å². The van der Waals surface area contributed by atoms with Crippen LogP contribution in [0.15, 0.2) is 18.2 Å². The highest BCUT2D eigenvalue weighted by Gasteiger charge is 2.38. The predicted octanol–water partition coefficient (Wildman–Crippen LogP) is 1.95. The van der Waals surface area contributed by atoms with E-state index in [-0.39, 0.29) is 24.8 Å². The standard InChI is InChI=1S/C20H27N3O4/c1-21(2)20(25)22-10-15-3-6-16(12-22)23(11-15)19(24)8-5-14-4-7-17-18(9-14)27-13-26-17/h4,7,9,15-16H,3,5-6,8,10-13H2,1-2H3/t15-,16+/m1/s1. The van der Waals surface area contributed by atoms with Gasteiger partial charge in [-0.25, -0.2) is 4.79 Å². The first-order valence-corrected chi connectivity index (χ1v) is 9.65. The number of hydrogen-bond donors (Lipinski definition) is 0. The van der Waals surface area contributed by atoms with Gasteiger partial charge >= 0.3 is 6.03 Å². The summed E-state index contributed by atoms with van der Waals surface area (Å²) in [5.41, 5.74) is 1.08. The van der Waals surface area contributed by atoms with Crippen LogP contribution in [0.4, 0.5) is 4.79 Å². The van der Waals surface area contributed by atoms with Gasteiger partial charge in [-0.15, -0.1) is 0 Å². The van der Waals surface area contributed by atoms with E-state index in [0.717, 1.165) is 43.0 Å². The number of piperidine rings is 1. The molecule has 7 nitrogen and oxygen atoms in total. The van der Waals surface area contributed by atoms with Gasteiger partial charge in [-0.3, -0.25) is 4.79 Å². The summed E-state index contributed by atoms with van der Waals surface area (Å²) < 4.78 is 10.7. The first-order chi connectivity index (χ1) is 13.0. The first kappa shape index (κ1) is 17.9. The van der Waals surface area contributed by atoms with Gasteiger partial charge in [-0.2, -0.15) is 0 Å². The van der Waals surface area contributed by atoms with Crippen LogP contribution in [0.5, 0.6) is 11.5 Å². The summed E-state index contributed by atoms with van der Waals surface area (Å²) >= 11 is 0. The third-order valence-corrected chi connectivity index (χ3v) is 5.75. The number of fused-ring (bicyclic) bond motifs is 5. The number of amides is 3. The molecule has 4 heterocycles. The van der Waals surface area contributed by atoms with Crippen molar-refractivity contribution in [3.05, 3.63) is 23.8 Å². The second-order valence-electron chi connectivity index (χ2n) is 7.91. The number of aryl methyl sites for hydroxylation is 1. The third-order valence-electron chi connectivity index (χ3n) is 5.75. The van der Waals surface area contributed by atoms with Gasteiger partial charge in [-0.05, 0) is 42.9 Å². The fourth-order valence-corrected chi connectivity index (χ4v) is 4.32. The van der Waals surface area contributed by atoms with E-state index in [0.29, 0.717) is 25.3 Å². The van der Waals surface area contributed by atoms with Gasteiger partial charge in [0.15, 0.2) is 11.5 Å². The van der Waals surface area contributed by atoms with E-state index in [1.165, 1.54) is 0 Å². The fraction of sp³-hybridized carbons (Fsp3) is 0.600. The predicted molar refractivity (Wildman–Crippen MR) is 99.8 cm³/mol. The van der Waals surface area contributed by atoms with Crippen molar-refractivity contribution in [1.29, 1.82) is 0 Å². The minimum Gasteiger partial charge on any atom is -0.454 e. The van der Waals surface area contributed by atoms with Crippen molar-refractivity contribution in [2.45, 2.75) is 31.7 Å². The van der Waals surface area contributed by atoms with Gasteiger partial charge in [0.25, 0.3) is 0 Å². The molecule has 0 saturated carbocycles. The summed E-state index contributed by atoms with van der Waals surface area (Å²) in [4.78, 5) is 30.8. The molecule has 2 bridgehead atoms. The summed E-state index contributed by atoms with van der Waals surface area (Å²) in [6.07, 6.45) is 3.24. The number of ether oxygens (including phenoxy) is 2. The summed E-state index contributed by atoms with van der Waals surface area (Å²) in [7, 11) is 3.56. The molecule has 3 saturated heterocycles. The Kier molecular flexibility index (Phi) is 4.85. The monoisotopic (exact) mass is 373 g/mol. The lowest BCUT2D eigenvalue weighted by molar-refractivity contribution is -0.135. The number of benzene rings is 1. The Bertz CT molecular complexity index is 736. The van der Waals surface area contributed by atoms with Crippen LogP contribution < -0.4 is 9.47 Å². The maximum atomic E-state index is 12.9. The van der Waals surface area contributed by atoms with Gasteiger partial charge < -0.3 is 24.2 Å². The minimum atomic E-state index is 0.0431. The third kappa shape index (κ3) is 3.68. The first-order valence-electron chi connectivity index (χ1n) is 9.65. The van der Waals surface area contributed by atoms with Gasteiger partial charge in [0.1, 0.15) is 0 Å². The summed E-state index contributed by atoms with van der Waals surface area (Å²) in [6.45, 7) is 2.42. The zero-order valence-corrected chi connectivity index (χ0v) is 16.0. The van der Waals surface area contributed by atoms with E-state index in [4.69, 9.17) is 9.47 Å². The molecule has 7 heteroatoms. The van der Waals surface area contributed by atoms with Crippen molar-refractivity contribution in [1.82, 2.24) is 14.7 Å². The maximum Gasteiger partial charge on any atom is 0.319 e.